The monoisotopic (exact) mass is 419 g/mol. The number of amidine groups is 1. The van der Waals surface area contributed by atoms with Crippen molar-refractivity contribution in [2.75, 3.05) is 18.6 Å². The maximum atomic E-state index is 11.8. The quantitative estimate of drug-likeness (QED) is 0.583. The largest absolute Gasteiger partial charge is 0.510 e. The number of ether oxygens (including phenoxy) is 1. The predicted octanol–water partition coefficient (Wildman–Crippen LogP) is 4.98. The number of aromatic nitrogens is 1. The molecule has 0 bridgehead atoms. The van der Waals surface area contributed by atoms with E-state index in [2.05, 4.69) is 0 Å². The molecule has 0 atom stereocenters. The summed E-state index contributed by atoms with van der Waals surface area (Å²) in [6.45, 7) is 4.18. The molecule has 7 heteroatoms. The van der Waals surface area contributed by atoms with Crippen molar-refractivity contribution in [1.82, 2.24) is 4.98 Å². The fourth-order valence-corrected chi connectivity index (χ4v) is 4.43. The van der Waals surface area contributed by atoms with E-state index in [1.807, 2.05) is 38.1 Å². The molecular formula is C23H21N3O3S. The van der Waals surface area contributed by atoms with Crippen LogP contribution < -0.4 is 4.90 Å². The van der Waals surface area contributed by atoms with E-state index in [0.29, 0.717) is 21.8 Å². The lowest BCUT2D eigenvalue weighted by Crippen LogP contribution is -2.26. The molecule has 0 fully saturated rings. The molecule has 152 valence electrons. The molecule has 3 aromatic rings. The van der Waals surface area contributed by atoms with Crippen LogP contribution in [0.1, 0.15) is 25.8 Å². The maximum absolute atomic E-state index is 11.8. The van der Waals surface area contributed by atoms with Crippen LogP contribution in [0.4, 0.5) is 5.69 Å². The first-order chi connectivity index (χ1) is 14.4. The molecule has 0 saturated heterocycles. The van der Waals surface area contributed by atoms with E-state index in [1.54, 1.807) is 29.2 Å². The van der Waals surface area contributed by atoms with Gasteiger partial charge in [0, 0.05) is 16.1 Å². The zero-order valence-corrected chi connectivity index (χ0v) is 17.7. The van der Waals surface area contributed by atoms with Gasteiger partial charge in [0.05, 0.1) is 30.5 Å². The Morgan fingerprint density at radius 1 is 1.20 bits per heavy atom. The number of benzene rings is 2. The fourth-order valence-electron chi connectivity index (χ4n) is 3.43. The summed E-state index contributed by atoms with van der Waals surface area (Å²) < 4.78 is 4.78. The highest BCUT2D eigenvalue weighted by molar-refractivity contribution is 7.13. The Bertz CT molecular complexity index is 1180. The number of methoxy groups -OCH3 is 1. The SMILES string of the molecule is COC(=O)c1cccc(N2CC(O)=C(c3nc(-c4ccc(C)cc4)c(C)s3)C2=N)c1. The third kappa shape index (κ3) is 3.48. The molecule has 0 aliphatic carbocycles. The second kappa shape index (κ2) is 7.76. The van der Waals surface area contributed by atoms with Crippen molar-refractivity contribution in [1.29, 1.82) is 5.41 Å². The van der Waals surface area contributed by atoms with E-state index in [9.17, 15) is 9.90 Å². The van der Waals surface area contributed by atoms with Gasteiger partial charge in [-0.2, -0.15) is 0 Å². The topological polar surface area (TPSA) is 86.5 Å². The zero-order chi connectivity index (χ0) is 21.4. The van der Waals surface area contributed by atoms with E-state index in [0.717, 1.165) is 16.1 Å². The van der Waals surface area contributed by atoms with Crippen LogP contribution in [0.3, 0.4) is 0 Å². The normalized spacial score (nSPS) is 13.8. The summed E-state index contributed by atoms with van der Waals surface area (Å²) >= 11 is 1.46. The summed E-state index contributed by atoms with van der Waals surface area (Å²) in [5.74, 6) is -0.204. The predicted molar refractivity (Wildman–Crippen MR) is 119 cm³/mol. The molecule has 0 saturated carbocycles. The first-order valence-corrected chi connectivity index (χ1v) is 10.2. The van der Waals surface area contributed by atoms with Gasteiger partial charge in [0.2, 0.25) is 0 Å². The number of carbonyl (C=O) groups excluding carboxylic acids is 1. The summed E-state index contributed by atoms with van der Waals surface area (Å²) in [6, 6.07) is 15.0. The van der Waals surface area contributed by atoms with Crippen LogP contribution in [0.2, 0.25) is 0 Å². The summed E-state index contributed by atoms with van der Waals surface area (Å²) in [4.78, 5) is 19.3. The van der Waals surface area contributed by atoms with Gasteiger partial charge < -0.3 is 14.7 Å². The molecule has 2 N–H and O–H groups in total. The van der Waals surface area contributed by atoms with Gasteiger partial charge in [0.1, 0.15) is 16.6 Å². The number of nitrogens with one attached hydrogen (secondary N) is 1. The van der Waals surface area contributed by atoms with E-state index in [4.69, 9.17) is 15.1 Å². The number of hydrogen-bond acceptors (Lipinski definition) is 6. The molecule has 1 aliphatic rings. The fraction of sp³-hybridized carbons (Fsp3) is 0.174. The second-order valence-electron chi connectivity index (χ2n) is 7.09. The molecule has 0 amide bonds. The number of aliphatic hydroxyl groups is 1. The first-order valence-electron chi connectivity index (χ1n) is 9.41. The number of carbonyl (C=O) groups is 1. The minimum Gasteiger partial charge on any atom is -0.510 e. The van der Waals surface area contributed by atoms with Crippen molar-refractivity contribution in [2.24, 2.45) is 0 Å². The average Bonchev–Trinajstić information content (AvgIpc) is 3.26. The van der Waals surface area contributed by atoms with Crippen LogP contribution in [0.25, 0.3) is 16.8 Å². The summed E-state index contributed by atoms with van der Waals surface area (Å²) in [5, 5.41) is 19.9. The van der Waals surface area contributed by atoms with Gasteiger partial charge in [-0.15, -0.1) is 11.3 Å². The van der Waals surface area contributed by atoms with Crippen LogP contribution in [-0.4, -0.2) is 35.5 Å². The average molecular weight is 420 g/mol. The summed E-state index contributed by atoms with van der Waals surface area (Å²) in [5.41, 5.74) is 4.49. The molecule has 0 unspecified atom stereocenters. The molecule has 6 nitrogen and oxygen atoms in total. The Morgan fingerprint density at radius 3 is 2.63 bits per heavy atom. The number of nitrogens with zero attached hydrogens (tertiary/aromatic N) is 2. The molecule has 2 aromatic carbocycles. The Balaban J connectivity index is 1.66. The Hall–Kier alpha value is -3.45. The molecule has 2 heterocycles. The number of aryl methyl sites for hydroxylation is 2. The van der Waals surface area contributed by atoms with E-state index >= 15 is 0 Å². The number of thiazole rings is 1. The van der Waals surface area contributed by atoms with Crippen LogP contribution in [-0.2, 0) is 4.74 Å². The molecular weight excluding hydrogens is 398 g/mol. The Morgan fingerprint density at radius 2 is 1.93 bits per heavy atom. The van der Waals surface area contributed by atoms with Crippen LogP contribution in [0, 0.1) is 19.3 Å². The van der Waals surface area contributed by atoms with Crippen LogP contribution in [0.15, 0.2) is 54.3 Å². The summed E-state index contributed by atoms with van der Waals surface area (Å²) in [6.07, 6.45) is 0. The number of hydrogen-bond donors (Lipinski definition) is 2. The highest BCUT2D eigenvalue weighted by Crippen LogP contribution is 2.36. The van der Waals surface area contributed by atoms with E-state index in [1.165, 1.54) is 24.0 Å². The van der Waals surface area contributed by atoms with Gasteiger partial charge in [-0.05, 0) is 32.0 Å². The minimum atomic E-state index is -0.446. The third-order valence-corrected chi connectivity index (χ3v) is 6.01. The lowest BCUT2D eigenvalue weighted by molar-refractivity contribution is 0.0601. The minimum absolute atomic E-state index is 0.0904. The lowest BCUT2D eigenvalue weighted by atomic mass is 10.1. The highest BCUT2D eigenvalue weighted by Gasteiger charge is 2.32. The number of esters is 1. The van der Waals surface area contributed by atoms with E-state index in [-0.39, 0.29) is 18.1 Å². The van der Waals surface area contributed by atoms with Gasteiger partial charge in [0.25, 0.3) is 0 Å². The molecule has 30 heavy (non-hydrogen) atoms. The maximum Gasteiger partial charge on any atom is 0.337 e. The first kappa shape index (κ1) is 19.8. The molecule has 1 aliphatic heterocycles. The van der Waals surface area contributed by atoms with Crippen molar-refractivity contribution in [3.05, 3.63) is 75.3 Å². The second-order valence-corrected chi connectivity index (χ2v) is 8.29. The Labute approximate surface area is 178 Å². The standard InChI is InChI=1S/C23H21N3O3S/c1-13-7-9-15(10-8-13)20-14(2)30-22(25-20)19-18(27)12-26(21(19)24)17-6-4-5-16(11-17)23(28)29-3/h4-11,24,27H,12H2,1-3H3. The number of anilines is 1. The highest BCUT2D eigenvalue weighted by atomic mass is 32.1. The van der Waals surface area contributed by atoms with Gasteiger partial charge in [0.15, 0.2) is 0 Å². The third-order valence-electron chi connectivity index (χ3n) is 5.02. The molecule has 1 aromatic heterocycles. The molecule has 4 rings (SSSR count). The van der Waals surface area contributed by atoms with Crippen molar-refractivity contribution in [2.45, 2.75) is 13.8 Å². The van der Waals surface area contributed by atoms with Crippen molar-refractivity contribution >= 4 is 34.4 Å². The van der Waals surface area contributed by atoms with Crippen molar-refractivity contribution < 1.29 is 14.6 Å². The van der Waals surface area contributed by atoms with Crippen LogP contribution in [0.5, 0.6) is 0 Å². The van der Waals surface area contributed by atoms with Crippen LogP contribution >= 0.6 is 11.3 Å². The van der Waals surface area contributed by atoms with E-state index < -0.39 is 5.97 Å². The summed E-state index contributed by atoms with van der Waals surface area (Å²) in [7, 11) is 1.33. The van der Waals surface area contributed by atoms with Crippen molar-refractivity contribution in [3.63, 3.8) is 0 Å². The number of rotatable bonds is 4. The molecule has 0 spiro atoms. The van der Waals surface area contributed by atoms with Gasteiger partial charge >= 0.3 is 5.97 Å². The Kier molecular flexibility index (Phi) is 5.13. The van der Waals surface area contributed by atoms with Gasteiger partial charge in [-0.1, -0.05) is 35.9 Å². The zero-order valence-electron chi connectivity index (χ0n) is 16.9. The van der Waals surface area contributed by atoms with Crippen molar-refractivity contribution in [3.8, 4) is 11.3 Å². The van der Waals surface area contributed by atoms with Gasteiger partial charge in [-0.3, -0.25) is 5.41 Å². The van der Waals surface area contributed by atoms with Gasteiger partial charge in [-0.25, -0.2) is 9.78 Å². The lowest BCUT2D eigenvalue weighted by Gasteiger charge is -2.19. The smallest absolute Gasteiger partial charge is 0.337 e. The molecule has 0 radical (unpaired) electrons. The number of aliphatic hydroxyl groups excluding tert-OH is 1.